The molecule has 1 fully saturated rings. The van der Waals surface area contributed by atoms with Crippen molar-refractivity contribution in [3.05, 3.63) is 33.7 Å². The van der Waals surface area contributed by atoms with Gasteiger partial charge in [-0.1, -0.05) is 0 Å². The molecule has 2 N–H and O–H groups in total. The molecule has 0 saturated carbocycles. The summed E-state index contributed by atoms with van der Waals surface area (Å²) < 4.78 is 1.70. The molecule has 2 heterocycles. The van der Waals surface area contributed by atoms with Gasteiger partial charge < -0.3 is 15.0 Å². The second-order valence-electron chi connectivity index (χ2n) is 4.45. The van der Waals surface area contributed by atoms with Crippen molar-refractivity contribution in [3.63, 3.8) is 0 Å². The van der Waals surface area contributed by atoms with Crippen LogP contribution in [0.25, 0.3) is 0 Å². The number of aromatic carboxylic acids is 1. The number of carbonyl (C=O) groups is 2. The van der Waals surface area contributed by atoms with Crippen LogP contribution in [0.2, 0.25) is 0 Å². The average molecular weight is 250 g/mol. The van der Waals surface area contributed by atoms with E-state index in [-0.39, 0.29) is 17.5 Å². The van der Waals surface area contributed by atoms with Gasteiger partial charge in [0.15, 0.2) is 5.43 Å². The smallest absolute Gasteiger partial charge is 0.341 e. The van der Waals surface area contributed by atoms with Crippen LogP contribution in [0.3, 0.4) is 0 Å². The third-order valence-electron chi connectivity index (χ3n) is 3.08. The van der Waals surface area contributed by atoms with Gasteiger partial charge in [-0.2, -0.15) is 0 Å². The Balaban J connectivity index is 2.27. The van der Waals surface area contributed by atoms with Crippen LogP contribution in [0.5, 0.6) is 0 Å². The summed E-state index contributed by atoms with van der Waals surface area (Å²) in [4.78, 5) is 33.4. The molecule has 0 aromatic carbocycles. The zero-order valence-corrected chi connectivity index (χ0v) is 9.97. The lowest BCUT2D eigenvalue weighted by Crippen LogP contribution is -2.31. The summed E-state index contributed by atoms with van der Waals surface area (Å²) in [7, 11) is 0. The highest BCUT2D eigenvalue weighted by atomic mass is 16.4. The van der Waals surface area contributed by atoms with E-state index in [0.29, 0.717) is 18.7 Å². The monoisotopic (exact) mass is 250 g/mol. The molecule has 1 aliphatic heterocycles. The van der Waals surface area contributed by atoms with Crippen molar-refractivity contribution in [1.82, 2.24) is 9.88 Å². The SMILES string of the molecule is Cc1cc(=O)c(C(=O)O)cn1CC1CCC(=O)N1. The largest absolute Gasteiger partial charge is 0.477 e. The van der Waals surface area contributed by atoms with E-state index in [2.05, 4.69) is 5.32 Å². The lowest BCUT2D eigenvalue weighted by molar-refractivity contribution is -0.119. The molecule has 6 nitrogen and oxygen atoms in total. The molecule has 0 radical (unpaired) electrons. The van der Waals surface area contributed by atoms with Gasteiger partial charge in [0.05, 0.1) is 0 Å². The van der Waals surface area contributed by atoms with Crippen LogP contribution in [0.4, 0.5) is 0 Å². The van der Waals surface area contributed by atoms with Crippen LogP contribution in [0.1, 0.15) is 28.9 Å². The Kier molecular flexibility index (Phi) is 3.18. The second-order valence-corrected chi connectivity index (χ2v) is 4.45. The number of nitrogens with one attached hydrogen (secondary N) is 1. The van der Waals surface area contributed by atoms with Gasteiger partial charge in [0.2, 0.25) is 5.91 Å². The van der Waals surface area contributed by atoms with Crippen LogP contribution >= 0.6 is 0 Å². The Morgan fingerprint density at radius 1 is 1.56 bits per heavy atom. The fourth-order valence-corrected chi connectivity index (χ4v) is 2.08. The summed E-state index contributed by atoms with van der Waals surface area (Å²) >= 11 is 0. The lowest BCUT2D eigenvalue weighted by Gasteiger charge is -2.16. The molecule has 2 rings (SSSR count). The predicted octanol–water partition coefficient (Wildman–Crippen LogP) is 0.134. The molecule has 0 spiro atoms. The fourth-order valence-electron chi connectivity index (χ4n) is 2.08. The number of carboxylic acids is 1. The zero-order valence-electron chi connectivity index (χ0n) is 9.97. The van der Waals surface area contributed by atoms with Gasteiger partial charge in [0.1, 0.15) is 5.56 Å². The number of aromatic nitrogens is 1. The molecule has 18 heavy (non-hydrogen) atoms. The van der Waals surface area contributed by atoms with E-state index >= 15 is 0 Å². The number of amides is 1. The quantitative estimate of drug-likeness (QED) is 0.798. The van der Waals surface area contributed by atoms with E-state index in [0.717, 1.165) is 6.42 Å². The van der Waals surface area contributed by atoms with Gasteiger partial charge in [-0.15, -0.1) is 0 Å². The van der Waals surface area contributed by atoms with Crippen LogP contribution in [0.15, 0.2) is 17.1 Å². The molecule has 0 aliphatic carbocycles. The molecule has 6 heteroatoms. The highest BCUT2D eigenvalue weighted by Gasteiger charge is 2.21. The number of hydrogen-bond acceptors (Lipinski definition) is 3. The van der Waals surface area contributed by atoms with Crippen molar-refractivity contribution in [3.8, 4) is 0 Å². The Labute approximate surface area is 103 Å². The van der Waals surface area contributed by atoms with Crippen LogP contribution < -0.4 is 10.7 Å². The van der Waals surface area contributed by atoms with Crippen molar-refractivity contribution in [2.24, 2.45) is 0 Å². The minimum Gasteiger partial charge on any atom is -0.477 e. The normalized spacial score (nSPS) is 18.7. The second kappa shape index (κ2) is 4.64. The Morgan fingerprint density at radius 3 is 2.83 bits per heavy atom. The Morgan fingerprint density at radius 2 is 2.28 bits per heavy atom. The molecular formula is C12H14N2O4. The number of hydrogen-bond donors (Lipinski definition) is 2. The summed E-state index contributed by atoms with van der Waals surface area (Å²) in [5.74, 6) is -1.22. The zero-order chi connectivity index (χ0) is 13.3. The first-order valence-electron chi connectivity index (χ1n) is 5.71. The first-order chi connectivity index (χ1) is 8.47. The molecule has 1 saturated heterocycles. The van der Waals surface area contributed by atoms with Crippen LogP contribution in [-0.4, -0.2) is 27.6 Å². The van der Waals surface area contributed by atoms with Gasteiger partial charge in [0, 0.05) is 37.0 Å². The third kappa shape index (κ3) is 2.42. The van der Waals surface area contributed by atoms with E-state index < -0.39 is 11.4 Å². The summed E-state index contributed by atoms with van der Waals surface area (Å²) in [6, 6.07) is 1.31. The van der Waals surface area contributed by atoms with Crippen LogP contribution in [-0.2, 0) is 11.3 Å². The van der Waals surface area contributed by atoms with Crippen molar-refractivity contribution in [1.29, 1.82) is 0 Å². The van der Waals surface area contributed by atoms with Gasteiger partial charge in [0.25, 0.3) is 0 Å². The summed E-state index contributed by atoms with van der Waals surface area (Å²) in [6.07, 6.45) is 2.56. The van der Waals surface area contributed by atoms with Crippen LogP contribution in [0, 0.1) is 6.92 Å². The molecule has 1 aromatic heterocycles. The summed E-state index contributed by atoms with van der Waals surface area (Å²) in [5, 5.41) is 11.7. The maximum absolute atomic E-state index is 11.5. The average Bonchev–Trinajstić information content (AvgIpc) is 2.67. The fraction of sp³-hybridized carbons (Fsp3) is 0.417. The maximum atomic E-state index is 11.5. The molecule has 1 unspecified atom stereocenters. The number of aryl methyl sites for hydroxylation is 1. The van der Waals surface area contributed by atoms with E-state index in [9.17, 15) is 14.4 Å². The minimum absolute atomic E-state index is 0.000321. The van der Waals surface area contributed by atoms with Gasteiger partial charge in [-0.05, 0) is 13.3 Å². The lowest BCUT2D eigenvalue weighted by atomic mass is 10.2. The van der Waals surface area contributed by atoms with Crippen molar-refractivity contribution in [2.45, 2.75) is 32.4 Å². The standard InChI is InChI=1S/C12H14N2O4/c1-7-4-10(15)9(12(17)18)6-14(7)5-8-2-3-11(16)13-8/h4,6,8H,2-3,5H2,1H3,(H,13,16)(H,17,18). The number of carbonyl (C=O) groups excluding carboxylic acids is 1. The Bertz CT molecular complexity index is 562. The van der Waals surface area contributed by atoms with E-state index in [1.54, 1.807) is 11.5 Å². The minimum atomic E-state index is -1.23. The topological polar surface area (TPSA) is 88.4 Å². The number of carboxylic acid groups (broad SMARTS) is 1. The predicted molar refractivity (Wildman–Crippen MR) is 63.6 cm³/mol. The Hall–Kier alpha value is -2.11. The molecule has 1 amide bonds. The molecular weight excluding hydrogens is 236 g/mol. The molecule has 96 valence electrons. The van der Waals surface area contributed by atoms with E-state index in [1.165, 1.54) is 12.3 Å². The first-order valence-corrected chi connectivity index (χ1v) is 5.71. The molecule has 1 aliphatic rings. The molecule has 1 atom stereocenters. The summed E-state index contributed by atoms with van der Waals surface area (Å²) in [6.45, 7) is 2.22. The van der Waals surface area contributed by atoms with Crippen molar-refractivity contribution >= 4 is 11.9 Å². The highest BCUT2D eigenvalue weighted by Crippen LogP contribution is 2.10. The van der Waals surface area contributed by atoms with Gasteiger partial charge in [-0.3, -0.25) is 9.59 Å². The number of nitrogens with zero attached hydrogens (tertiary/aromatic N) is 1. The molecule has 1 aromatic rings. The number of pyridine rings is 1. The van der Waals surface area contributed by atoms with Gasteiger partial charge in [-0.25, -0.2) is 4.79 Å². The molecule has 0 bridgehead atoms. The van der Waals surface area contributed by atoms with E-state index in [1.807, 2.05) is 0 Å². The highest BCUT2D eigenvalue weighted by molar-refractivity contribution is 5.87. The van der Waals surface area contributed by atoms with Crippen molar-refractivity contribution in [2.75, 3.05) is 0 Å². The summed E-state index contributed by atoms with van der Waals surface area (Å²) in [5.41, 5.74) is -0.0530. The first kappa shape index (κ1) is 12.3. The number of rotatable bonds is 3. The maximum Gasteiger partial charge on any atom is 0.341 e. The third-order valence-corrected chi connectivity index (χ3v) is 3.08. The van der Waals surface area contributed by atoms with Gasteiger partial charge >= 0.3 is 5.97 Å². The van der Waals surface area contributed by atoms with E-state index in [4.69, 9.17) is 5.11 Å². The van der Waals surface area contributed by atoms with Crippen molar-refractivity contribution < 1.29 is 14.7 Å².